The van der Waals surface area contributed by atoms with Crippen molar-refractivity contribution in [2.75, 3.05) is 18.1 Å². The average molecular weight is 292 g/mol. The maximum Gasteiger partial charge on any atom is 0.167 e. The second-order valence-electron chi connectivity index (χ2n) is 6.07. The van der Waals surface area contributed by atoms with Crippen LogP contribution in [0.15, 0.2) is 18.2 Å². The van der Waals surface area contributed by atoms with Crippen molar-refractivity contribution in [3.63, 3.8) is 0 Å². The summed E-state index contributed by atoms with van der Waals surface area (Å²) in [6.45, 7) is 5.56. The summed E-state index contributed by atoms with van der Waals surface area (Å²) in [5.41, 5.74) is 1.01. The molecule has 3 nitrogen and oxygen atoms in total. The van der Waals surface area contributed by atoms with Gasteiger partial charge in [-0.05, 0) is 51.3 Å². The molecule has 2 aliphatic heterocycles. The van der Waals surface area contributed by atoms with E-state index in [2.05, 4.69) is 17.1 Å². The lowest BCUT2D eigenvalue weighted by Gasteiger charge is -2.41. The summed E-state index contributed by atoms with van der Waals surface area (Å²) in [5.74, 6) is 0.110. The van der Waals surface area contributed by atoms with Crippen LogP contribution in [0.3, 0.4) is 0 Å². The third kappa shape index (κ3) is 2.86. The van der Waals surface area contributed by atoms with Crippen molar-refractivity contribution in [3.05, 3.63) is 24.0 Å². The molecule has 3 rings (SSSR count). The number of hydrogen-bond donors (Lipinski definition) is 1. The first-order valence-corrected chi connectivity index (χ1v) is 8.17. The van der Waals surface area contributed by atoms with E-state index in [9.17, 15) is 4.39 Å². The van der Waals surface area contributed by atoms with E-state index < -0.39 is 0 Å². The second-order valence-corrected chi connectivity index (χ2v) is 6.07. The molecule has 2 unspecified atom stereocenters. The van der Waals surface area contributed by atoms with Crippen LogP contribution in [-0.2, 0) is 0 Å². The average Bonchev–Trinajstić information content (AvgIpc) is 2.73. The van der Waals surface area contributed by atoms with E-state index in [0.717, 1.165) is 12.2 Å². The zero-order chi connectivity index (χ0) is 14.8. The molecule has 1 aromatic carbocycles. The lowest BCUT2D eigenvalue weighted by atomic mass is 9.96. The molecule has 2 atom stereocenters. The van der Waals surface area contributed by atoms with Gasteiger partial charge in [-0.1, -0.05) is 6.92 Å². The fourth-order valence-electron chi connectivity index (χ4n) is 3.98. The number of fused-ring (bicyclic) bond motifs is 2. The summed E-state index contributed by atoms with van der Waals surface area (Å²) in [6.07, 6.45) is 4.78. The summed E-state index contributed by atoms with van der Waals surface area (Å²) in [4.78, 5) is 2.44. The molecule has 0 spiro atoms. The van der Waals surface area contributed by atoms with E-state index in [0.29, 0.717) is 30.5 Å². The summed E-state index contributed by atoms with van der Waals surface area (Å²) in [6, 6.07) is 7.13. The Labute approximate surface area is 126 Å². The summed E-state index contributed by atoms with van der Waals surface area (Å²) in [7, 11) is 0. The molecular weight excluding hydrogens is 267 g/mol. The fourth-order valence-corrected chi connectivity index (χ4v) is 3.98. The smallest absolute Gasteiger partial charge is 0.167 e. The summed E-state index contributed by atoms with van der Waals surface area (Å²) < 4.78 is 19.4. The van der Waals surface area contributed by atoms with Gasteiger partial charge in [-0.3, -0.25) is 0 Å². The van der Waals surface area contributed by atoms with Gasteiger partial charge < -0.3 is 15.0 Å². The number of piperidine rings is 1. The highest BCUT2D eigenvalue weighted by molar-refractivity contribution is 5.53. The van der Waals surface area contributed by atoms with Crippen LogP contribution < -0.4 is 15.0 Å². The molecule has 2 heterocycles. The van der Waals surface area contributed by atoms with E-state index in [-0.39, 0.29) is 5.82 Å². The molecule has 1 N–H and O–H groups in total. The van der Waals surface area contributed by atoms with Gasteiger partial charge >= 0.3 is 0 Å². The Morgan fingerprint density at radius 2 is 1.95 bits per heavy atom. The SMILES string of the molecule is CCNC1CC2CCC(C1)N2c1ccc(OCC)c(F)c1. The normalized spacial score (nSPS) is 28.0. The Morgan fingerprint density at radius 1 is 1.24 bits per heavy atom. The number of nitrogens with one attached hydrogen (secondary N) is 1. The first-order valence-electron chi connectivity index (χ1n) is 8.17. The van der Waals surface area contributed by atoms with Crippen molar-refractivity contribution in [1.82, 2.24) is 5.32 Å². The van der Waals surface area contributed by atoms with Crippen molar-refractivity contribution in [2.24, 2.45) is 0 Å². The summed E-state index contributed by atoms with van der Waals surface area (Å²) in [5, 5.41) is 3.57. The number of rotatable bonds is 5. The molecule has 0 saturated carbocycles. The van der Waals surface area contributed by atoms with Gasteiger partial charge in [0.2, 0.25) is 0 Å². The Balaban J connectivity index is 1.77. The van der Waals surface area contributed by atoms with Crippen LogP contribution in [0.4, 0.5) is 10.1 Å². The third-order valence-corrected chi connectivity index (χ3v) is 4.74. The van der Waals surface area contributed by atoms with Gasteiger partial charge in [-0.2, -0.15) is 0 Å². The maximum absolute atomic E-state index is 14.1. The molecule has 2 aliphatic rings. The van der Waals surface area contributed by atoms with E-state index in [1.54, 1.807) is 12.1 Å². The molecule has 4 heteroatoms. The predicted octanol–water partition coefficient (Wildman–Crippen LogP) is 3.33. The van der Waals surface area contributed by atoms with Crippen molar-refractivity contribution in [1.29, 1.82) is 0 Å². The van der Waals surface area contributed by atoms with Crippen LogP contribution in [0.25, 0.3) is 0 Å². The van der Waals surface area contributed by atoms with Gasteiger partial charge in [0.05, 0.1) is 6.61 Å². The maximum atomic E-state index is 14.1. The number of halogens is 1. The standard InChI is InChI=1S/C17H25FN2O/c1-3-19-12-9-13-5-6-14(10-12)20(13)15-7-8-17(21-4-2)16(18)11-15/h7-8,11-14,19H,3-6,9-10H2,1-2H3. The lowest BCUT2D eigenvalue weighted by molar-refractivity contribution is 0.321. The Morgan fingerprint density at radius 3 is 2.52 bits per heavy atom. The van der Waals surface area contributed by atoms with Gasteiger partial charge in [0, 0.05) is 29.9 Å². The van der Waals surface area contributed by atoms with Crippen LogP contribution in [0.5, 0.6) is 5.75 Å². The Kier molecular flexibility index (Phi) is 4.34. The molecule has 1 aromatic rings. The number of nitrogens with zero attached hydrogens (tertiary/aromatic N) is 1. The number of hydrogen-bond acceptors (Lipinski definition) is 3. The molecule has 0 amide bonds. The second kappa shape index (κ2) is 6.22. The largest absolute Gasteiger partial charge is 0.491 e. The van der Waals surface area contributed by atoms with Crippen molar-refractivity contribution in [2.45, 2.75) is 57.7 Å². The molecule has 0 aliphatic carbocycles. The van der Waals surface area contributed by atoms with Gasteiger partial charge in [-0.15, -0.1) is 0 Å². The highest BCUT2D eigenvalue weighted by Gasteiger charge is 2.40. The van der Waals surface area contributed by atoms with E-state index in [1.165, 1.54) is 25.7 Å². The van der Waals surface area contributed by atoms with Crippen molar-refractivity contribution < 1.29 is 9.13 Å². The van der Waals surface area contributed by atoms with Gasteiger partial charge in [0.1, 0.15) is 0 Å². The number of anilines is 1. The molecule has 0 radical (unpaired) electrons. The molecule has 2 saturated heterocycles. The van der Waals surface area contributed by atoms with E-state index in [4.69, 9.17) is 4.74 Å². The first-order chi connectivity index (χ1) is 10.2. The highest BCUT2D eigenvalue weighted by Crippen LogP contribution is 2.40. The Hall–Kier alpha value is -1.29. The van der Waals surface area contributed by atoms with Gasteiger partial charge in [0.15, 0.2) is 11.6 Å². The minimum atomic E-state index is -0.248. The first kappa shape index (κ1) is 14.6. The van der Waals surface area contributed by atoms with Crippen LogP contribution >= 0.6 is 0 Å². The molecule has 21 heavy (non-hydrogen) atoms. The topological polar surface area (TPSA) is 24.5 Å². The van der Waals surface area contributed by atoms with Gasteiger partial charge in [0.25, 0.3) is 0 Å². The van der Waals surface area contributed by atoms with Crippen LogP contribution in [0.2, 0.25) is 0 Å². The van der Waals surface area contributed by atoms with Crippen LogP contribution in [-0.4, -0.2) is 31.3 Å². The number of ether oxygens (including phenoxy) is 1. The van der Waals surface area contributed by atoms with Crippen molar-refractivity contribution >= 4 is 5.69 Å². The van der Waals surface area contributed by atoms with Crippen molar-refractivity contribution in [3.8, 4) is 5.75 Å². The number of benzene rings is 1. The minimum Gasteiger partial charge on any atom is -0.491 e. The Bertz CT molecular complexity index is 480. The zero-order valence-electron chi connectivity index (χ0n) is 12.9. The molecular formula is C17H25FN2O. The highest BCUT2D eigenvalue weighted by atomic mass is 19.1. The zero-order valence-corrected chi connectivity index (χ0v) is 12.9. The van der Waals surface area contributed by atoms with Crippen LogP contribution in [0, 0.1) is 5.82 Å². The minimum absolute atomic E-state index is 0.248. The molecule has 0 aromatic heterocycles. The quantitative estimate of drug-likeness (QED) is 0.901. The van der Waals surface area contributed by atoms with E-state index in [1.807, 2.05) is 13.0 Å². The molecule has 2 bridgehead atoms. The van der Waals surface area contributed by atoms with E-state index >= 15 is 0 Å². The van der Waals surface area contributed by atoms with Crippen LogP contribution in [0.1, 0.15) is 39.5 Å². The monoisotopic (exact) mass is 292 g/mol. The summed E-state index contributed by atoms with van der Waals surface area (Å²) >= 11 is 0. The van der Waals surface area contributed by atoms with Gasteiger partial charge in [-0.25, -0.2) is 4.39 Å². The fraction of sp³-hybridized carbons (Fsp3) is 0.647. The molecule has 2 fully saturated rings. The third-order valence-electron chi connectivity index (χ3n) is 4.74. The lowest BCUT2D eigenvalue weighted by Crippen LogP contribution is -2.49. The predicted molar refractivity (Wildman–Crippen MR) is 83.6 cm³/mol. The molecule has 116 valence electrons.